The van der Waals surface area contributed by atoms with E-state index >= 15 is 0 Å². The summed E-state index contributed by atoms with van der Waals surface area (Å²) in [6.45, 7) is 7.34. The van der Waals surface area contributed by atoms with E-state index in [-0.39, 0.29) is 5.41 Å². The van der Waals surface area contributed by atoms with Gasteiger partial charge in [0.1, 0.15) is 0 Å². The van der Waals surface area contributed by atoms with Crippen LogP contribution in [0.15, 0.2) is 24.3 Å². The number of benzene rings is 1. The molecule has 1 saturated carbocycles. The number of rotatable bonds is 5. The van der Waals surface area contributed by atoms with Crippen LogP contribution < -0.4 is 5.73 Å². The van der Waals surface area contributed by atoms with E-state index in [9.17, 15) is 5.11 Å². The summed E-state index contributed by atoms with van der Waals surface area (Å²) >= 11 is 0. The topological polar surface area (TPSA) is 46.2 Å². The highest BCUT2D eigenvalue weighted by Gasteiger charge is 2.41. The number of nitrogens with two attached hydrogens (primary N) is 1. The molecule has 2 nitrogen and oxygen atoms in total. The maximum absolute atomic E-state index is 10.9. The van der Waals surface area contributed by atoms with Crippen LogP contribution >= 0.6 is 0 Å². The average molecular weight is 289 g/mol. The van der Waals surface area contributed by atoms with Gasteiger partial charge in [-0.2, -0.15) is 0 Å². The fraction of sp³-hybridized carbons (Fsp3) is 0.684. The number of aliphatic hydroxyl groups is 1. The van der Waals surface area contributed by atoms with E-state index < -0.39 is 6.10 Å². The molecule has 0 saturated heterocycles. The maximum atomic E-state index is 10.9. The van der Waals surface area contributed by atoms with Gasteiger partial charge in [0.2, 0.25) is 0 Å². The second-order valence-corrected chi connectivity index (χ2v) is 7.15. The minimum absolute atomic E-state index is 0.126. The lowest BCUT2D eigenvalue weighted by molar-refractivity contribution is -0.0148. The lowest BCUT2D eigenvalue weighted by Crippen LogP contribution is -2.40. The van der Waals surface area contributed by atoms with Gasteiger partial charge in [0.25, 0.3) is 0 Å². The predicted octanol–water partition coefficient (Wildman–Crippen LogP) is 4.07. The molecule has 0 heterocycles. The fourth-order valence-corrected chi connectivity index (χ4v) is 3.76. The molecule has 2 heteroatoms. The molecule has 1 unspecified atom stereocenters. The van der Waals surface area contributed by atoms with Crippen LogP contribution in [0.1, 0.15) is 63.7 Å². The summed E-state index contributed by atoms with van der Waals surface area (Å²) in [5.74, 6) is 1.53. The van der Waals surface area contributed by atoms with E-state index in [4.69, 9.17) is 5.73 Å². The average Bonchev–Trinajstić information content (AvgIpc) is 2.54. The first-order valence-electron chi connectivity index (χ1n) is 8.49. The molecular formula is C19H31NO. The Kier molecular flexibility index (Phi) is 5.45. The molecule has 3 N–H and O–H groups in total. The van der Waals surface area contributed by atoms with Crippen LogP contribution in [0.25, 0.3) is 0 Å². The van der Waals surface area contributed by atoms with Gasteiger partial charge in [-0.05, 0) is 55.1 Å². The Labute approximate surface area is 129 Å². The summed E-state index contributed by atoms with van der Waals surface area (Å²) in [6.07, 6.45) is 5.08. The molecule has 1 aliphatic carbocycles. The van der Waals surface area contributed by atoms with Crippen LogP contribution in [0.5, 0.6) is 0 Å². The minimum Gasteiger partial charge on any atom is -0.388 e. The summed E-state index contributed by atoms with van der Waals surface area (Å²) in [5, 5.41) is 10.9. The highest BCUT2D eigenvalue weighted by Crippen LogP contribution is 2.48. The normalized spacial score (nSPS) is 27.8. The molecular weight excluding hydrogens is 258 g/mol. The third kappa shape index (κ3) is 3.49. The summed E-state index contributed by atoms with van der Waals surface area (Å²) in [6, 6.07) is 8.41. The Bertz CT molecular complexity index is 429. The monoisotopic (exact) mass is 289 g/mol. The largest absolute Gasteiger partial charge is 0.388 e. The Morgan fingerprint density at radius 1 is 1.19 bits per heavy atom. The van der Waals surface area contributed by atoms with Crippen molar-refractivity contribution in [3.05, 3.63) is 35.4 Å². The van der Waals surface area contributed by atoms with Crippen molar-refractivity contribution in [3.8, 4) is 0 Å². The van der Waals surface area contributed by atoms with Gasteiger partial charge in [-0.25, -0.2) is 0 Å². The molecule has 1 aliphatic rings. The summed E-state index contributed by atoms with van der Waals surface area (Å²) in [4.78, 5) is 0. The standard InChI is InChI=1S/C19H31NO/c1-4-15-5-7-17(8-6-15)18(21)19(13-20)11-9-16(10-12-19)14(2)3/h5-8,14,16,18,21H,4,9-13,20H2,1-3H3. The third-order valence-electron chi connectivity index (χ3n) is 5.66. The first kappa shape index (κ1) is 16.5. The Morgan fingerprint density at radius 2 is 1.76 bits per heavy atom. The van der Waals surface area contributed by atoms with Crippen LogP contribution in [0.3, 0.4) is 0 Å². The Hall–Kier alpha value is -0.860. The van der Waals surface area contributed by atoms with Crippen LogP contribution in [0.4, 0.5) is 0 Å². The van der Waals surface area contributed by atoms with Gasteiger partial charge in [0.15, 0.2) is 0 Å². The molecule has 0 bridgehead atoms. The van der Waals surface area contributed by atoms with Crippen molar-refractivity contribution in [2.45, 2.75) is 59.0 Å². The molecule has 118 valence electrons. The Balaban J connectivity index is 2.12. The zero-order valence-corrected chi connectivity index (χ0v) is 13.8. The number of aryl methyl sites for hydroxylation is 1. The van der Waals surface area contributed by atoms with Gasteiger partial charge in [-0.3, -0.25) is 0 Å². The Morgan fingerprint density at radius 3 is 2.19 bits per heavy atom. The van der Waals surface area contributed by atoms with Gasteiger partial charge >= 0.3 is 0 Å². The van der Waals surface area contributed by atoms with Crippen molar-refractivity contribution in [2.24, 2.45) is 23.0 Å². The maximum Gasteiger partial charge on any atom is 0.0858 e. The predicted molar refractivity (Wildman–Crippen MR) is 89.1 cm³/mol. The smallest absolute Gasteiger partial charge is 0.0858 e. The molecule has 1 aromatic carbocycles. The molecule has 1 fully saturated rings. The van der Waals surface area contributed by atoms with Gasteiger partial charge in [-0.15, -0.1) is 0 Å². The van der Waals surface area contributed by atoms with Crippen molar-refractivity contribution >= 4 is 0 Å². The number of hydrogen-bond donors (Lipinski definition) is 2. The van der Waals surface area contributed by atoms with Gasteiger partial charge < -0.3 is 10.8 Å². The second kappa shape index (κ2) is 6.93. The number of aliphatic hydroxyl groups excluding tert-OH is 1. The van der Waals surface area contributed by atoms with E-state index in [1.165, 1.54) is 18.4 Å². The molecule has 0 aliphatic heterocycles. The summed E-state index contributed by atoms with van der Waals surface area (Å²) in [5.41, 5.74) is 8.31. The highest BCUT2D eigenvalue weighted by atomic mass is 16.3. The van der Waals surface area contributed by atoms with Crippen molar-refractivity contribution in [3.63, 3.8) is 0 Å². The molecule has 0 radical (unpaired) electrons. The summed E-state index contributed by atoms with van der Waals surface area (Å²) in [7, 11) is 0. The van der Waals surface area contributed by atoms with E-state index in [0.717, 1.165) is 36.7 Å². The van der Waals surface area contributed by atoms with E-state index in [1.54, 1.807) is 0 Å². The zero-order valence-electron chi connectivity index (χ0n) is 13.8. The molecule has 1 aromatic rings. The molecule has 21 heavy (non-hydrogen) atoms. The first-order valence-corrected chi connectivity index (χ1v) is 8.49. The molecule has 1 atom stereocenters. The van der Waals surface area contributed by atoms with Crippen LogP contribution in [0, 0.1) is 17.3 Å². The quantitative estimate of drug-likeness (QED) is 0.858. The molecule has 2 rings (SSSR count). The van der Waals surface area contributed by atoms with Gasteiger partial charge in [-0.1, -0.05) is 45.0 Å². The van der Waals surface area contributed by atoms with Gasteiger partial charge in [0, 0.05) is 12.0 Å². The van der Waals surface area contributed by atoms with Crippen molar-refractivity contribution in [1.82, 2.24) is 0 Å². The second-order valence-electron chi connectivity index (χ2n) is 7.15. The van der Waals surface area contributed by atoms with E-state index in [1.807, 2.05) is 0 Å². The minimum atomic E-state index is -0.429. The zero-order chi connectivity index (χ0) is 15.5. The summed E-state index contributed by atoms with van der Waals surface area (Å²) < 4.78 is 0. The van der Waals surface area contributed by atoms with Crippen LogP contribution in [-0.2, 0) is 6.42 Å². The fourth-order valence-electron chi connectivity index (χ4n) is 3.76. The van der Waals surface area contributed by atoms with Gasteiger partial charge in [0.05, 0.1) is 6.10 Å². The van der Waals surface area contributed by atoms with E-state index in [0.29, 0.717) is 6.54 Å². The van der Waals surface area contributed by atoms with Crippen LogP contribution in [0.2, 0.25) is 0 Å². The number of hydrogen-bond acceptors (Lipinski definition) is 2. The first-order chi connectivity index (χ1) is 10.0. The van der Waals surface area contributed by atoms with Crippen molar-refractivity contribution in [2.75, 3.05) is 6.54 Å². The highest BCUT2D eigenvalue weighted by molar-refractivity contribution is 5.25. The van der Waals surface area contributed by atoms with Crippen molar-refractivity contribution in [1.29, 1.82) is 0 Å². The lowest BCUT2D eigenvalue weighted by Gasteiger charge is -2.44. The van der Waals surface area contributed by atoms with E-state index in [2.05, 4.69) is 45.0 Å². The molecule has 0 spiro atoms. The molecule has 0 aromatic heterocycles. The van der Waals surface area contributed by atoms with Crippen LogP contribution in [-0.4, -0.2) is 11.7 Å². The lowest BCUT2D eigenvalue weighted by atomic mass is 9.64. The molecule has 0 amide bonds. The third-order valence-corrected chi connectivity index (χ3v) is 5.66. The van der Waals surface area contributed by atoms with Crippen molar-refractivity contribution < 1.29 is 5.11 Å². The SMILES string of the molecule is CCc1ccc(C(O)C2(CN)CCC(C(C)C)CC2)cc1.